The Hall–Kier alpha value is -6.57. The number of fused-ring (bicyclic) bond motifs is 9. The van der Waals surface area contributed by atoms with Crippen molar-refractivity contribution in [3.63, 3.8) is 0 Å². The smallest absolute Gasteiger partial charge is 0.164 e. The summed E-state index contributed by atoms with van der Waals surface area (Å²) in [6.07, 6.45) is 0. The molecule has 12 rings (SSSR count). The third-order valence-corrected chi connectivity index (χ3v) is 12.1. The summed E-state index contributed by atoms with van der Waals surface area (Å²) < 4.78 is 260. The van der Waals surface area contributed by atoms with Gasteiger partial charge in [-0.3, -0.25) is 0 Å². The molecule has 0 saturated heterocycles. The van der Waals surface area contributed by atoms with Crippen molar-refractivity contribution >= 4 is 94.5 Å². The van der Waals surface area contributed by atoms with Crippen LogP contribution in [0.1, 0.15) is 39.8 Å². The first kappa shape index (κ1) is 15.1. The van der Waals surface area contributed by atoms with Gasteiger partial charge in [0.25, 0.3) is 0 Å². The van der Waals surface area contributed by atoms with Crippen LogP contribution < -0.4 is 0 Å². The van der Waals surface area contributed by atoms with Gasteiger partial charge in [-0.15, -0.1) is 34.0 Å². The number of nitrogens with zero attached hydrogens (tertiary/aromatic N) is 3. The molecule has 6 heteroatoms. The van der Waals surface area contributed by atoms with Gasteiger partial charge in [-0.2, -0.15) is 0 Å². The second-order valence-corrected chi connectivity index (χ2v) is 15.1. The second kappa shape index (κ2) is 13.0. The first-order valence-corrected chi connectivity index (χ1v) is 19.0. The Labute approximate surface area is 380 Å². The summed E-state index contributed by atoms with van der Waals surface area (Å²) in [7, 11) is 0. The lowest BCUT2D eigenvalue weighted by atomic mass is 9.92. The summed E-state index contributed by atoms with van der Waals surface area (Å²) in [6, 6.07) is -22.2. The molecule has 57 heavy (non-hydrogen) atoms. The molecule has 0 radical (unpaired) electrons. The van der Waals surface area contributed by atoms with Crippen molar-refractivity contribution in [1.82, 2.24) is 15.0 Å². The number of aromatic nitrogens is 3. The summed E-state index contributed by atoms with van der Waals surface area (Å²) in [5, 5.41) is -1.73. The lowest BCUT2D eigenvalue weighted by Gasteiger charge is -2.12. The zero-order chi connectivity index (χ0) is 62.7. The average molecular weight is 809 g/mol. The van der Waals surface area contributed by atoms with E-state index in [9.17, 15) is 13.7 Å². The van der Waals surface area contributed by atoms with Crippen molar-refractivity contribution in [2.75, 3.05) is 0 Å². The van der Waals surface area contributed by atoms with E-state index in [0.29, 0.717) is 34.0 Å². The van der Waals surface area contributed by atoms with Gasteiger partial charge in [0.1, 0.15) is 0 Å². The molecule has 0 unspecified atom stereocenters. The number of hydrogen-bond donors (Lipinski definition) is 0. The van der Waals surface area contributed by atoms with E-state index in [0.717, 1.165) is 0 Å². The van der Waals surface area contributed by atoms with Gasteiger partial charge in [-0.25, -0.2) is 15.0 Å². The highest BCUT2D eigenvalue weighted by atomic mass is 32.1. The van der Waals surface area contributed by atoms with Crippen LogP contribution in [0.4, 0.5) is 0 Å². The van der Waals surface area contributed by atoms with E-state index in [1.165, 1.54) is 0 Å². The van der Waals surface area contributed by atoms with Gasteiger partial charge in [0, 0.05) is 82.8 Å². The molecule has 0 N–H and O–H groups in total. The van der Waals surface area contributed by atoms with Gasteiger partial charge < -0.3 is 0 Å². The molecule has 0 spiro atoms. The molecule has 4 heterocycles. The maximum absolute atomic E-state index is 10.3. The summed E-state index contributed by atoms with van der Waals surface area (Å²) in [6.45, 7) is 0. The van der Waals surface area contributed by atoms with Crippen molar-refractivity contribution in [2.45, 2.75) is 0 Å². The quantitative estimate of drug-likeness (QED) is 0.174. The van der Waals surface area contributed by atoms with E-state index in [1.54, 1.807) is 0 Å². The Balaban J connectivity index is 1.26. The second-order valence-electron chi connectivity index (χ2n) is 12.1. The van der Waals surface area contributed by atoms with Gasteiger partial charge in [-0.1, -0.05) is 139 Å². The van der Waals surface area contributed by atoms with Crippen molar-refractivity contribution < 1.29 is 39.8 Å². The molecule has 266 valence electrons. The standard InChI is InChI=1S/C51H29N3S3/c1-3-13-30(14-4-1)49-52-50(31-15-5-2-6-16-31)54-51(53-49)32-25-26-35-36-20-11-21-37(48(36)57-44(35)28-32)40-27-33(29-45-47(40)39-18-8-10-23-42(39)56-45)34-19-12-24-43-46(34)38-17-7-9-22-41(38)55-43/h1-29H/i1D,2D,3D,4D,5D,6D,7D,8D,9D,10D,11D,12D,13D,14D,15D,16D,17D,18D,19D,20D,21D,22D,23D,24D,25D,26D,27D,28D,29D. The fourth-order valence-electron chi connectivity index (χ4n) is 6.48. The third-order valence-electron chi connectivity index (χ3n) is 8.89. The van der Waals surface area contributed by atoms with Crippen molar-refractivity contribution in [3.05, 3.63) is 175 Å². The minimum atomic E-state index is -0.893. The van der Waals surface area contributed by atoms with Gasteiger partial charge >= 0.3 is 0 Å². The highest BCUT2D eigenvalue weighted by molar-refractivity contribution is 7.27. The Morgan fingerprint density at radius 2 is 0.842 bits per heavy atom. The van der Waals surface area contributed by atoms with Gasteiger partial charge in [0.2, 0.25) is 0 Å². The van der Waals surface area contributed by atoms with Crippen LogP contribution in [0.15, 0.2) is 175 Å². The highest BCUT2D eigenvalue weighted by Crippen LogP contribution is 2.49. The molecule has 0 atom stereocenters. The third kappa shape index (κ3) is 5.33. The van der Waals surface area contributed by atoms with Crippen LogP contribution in [0.5, 0.6) is 0 Å². The maximum atomic E-state index is 10.3. The van der Waals surface area contributed by atoms with Crippen LogP contribution in [0.3, 0.4) is 0 Å². The Kier molecular flexibility index (Phi) is 3.44. The van der Waals surface area contributed by atoms with E-state index < -0.39 is 232 Å². The summed E-state index contributed by atoms with van der Waals surface area (Å²) in [4.78, 5) is 13.0. The summed E-state index contributed by atoms with van der Waals surface area (Å²) >= 11 is 1.92. The van der Waals surface area contributed by atoms with E-state index in [-0.39, 0.29) is 60.5 Å². The van der Waals surface area contributed by atoms with Crippen LogP contribution in [0.25, 0.3) is 117 Å². The van der Waals surface area contributed by atoms with E-state index in [1.807, 2.05) is 0 Å². The fourth-order valence-corrected chi connectivity index (χ4v) is 9.59. The largest absolute Gasteiger partial charge is 0.208 e. The molecule has 4 aromatic heterocycles. The molecule has 0 saturated carbocycles. The highest BCUT2D eigenvalue weighted by Gasteiger charge is 2.20. The van der Waals surface area contributed by atoms with E-state index >= 15 is 0 Å². The van der Waals surface area contributed by atoms with Crippen molar-refractivity contribution in [3.8, 4) is 56.4 Å². The number of benzene rings is 8. The lowest BCUT2D eigenvalue weighted by molar-refractivity contribution is 1.07. The minimum absolute atomic E-state index is 0.0979. The zero-order valence-electron chi connectivity index (χ0n) is 57.1. The molecule has 3 nitrogen and oxygen atoms in total. The minimum Gasteiger partial charge on any atom is -0.208 e. The lowest BCUT2D eigenvalue weighted by Crippen LogP contribution is -1.99. The SMILES string of the molecule is [2H]c1c([2H])c([2H])c(-c2nc(-c3c([2H])c([2H])c([2H])c([2H])c3[2H])nc(-c3c([2H])c([2H])c4c(sc5c(-c6c([2H])c(-c7c([2H])c([2H])c([2H])c8sc9c([2H])c([2H])c([2H])c([2H])c9c78)c([2H])c7sc8c([2H])c([2H])c([2H])c([2H])c8c67)c([2H])c([2H])c([2H])c54)c3[2H])n2)c([2H])c1[2H]. The molecule has 12 aromatic rings. The fraction of sp³-hybridized carbons (Fsp3) is 0. The van der Waals surface area contributed by atoms with E-state index in [4.69, 9.17) is 26.0 Å². The predicted molar refractivity (Wildman–Crippen MR) is 246 cm³/mol. The van der Waals surface area contributed by atoms with Gasteiger partial charge in [-0.05, 0) is 52.9 Å². The summed E-state index contributed by atoms with van der Waals surface area (Å²) in [5.41, 5.74) is -3.96. The van der Waals surface area contributed by atoms with Crippen molar-refractivity contribution in [1.29, 1.82) is 0 Å². The molecule has 0 fully saturated rings. The Morgan fingerprint density at radius 1 is 0.316 bits per heavy atom. The van der Waals surface area contributed by atoms with Gasteiger partial charge in [0.15, 0.2) is 17.5 Å². The topological polar surface area (TPSA) is 38.7 Å². The molecule has 0 aliphatic heterocycles. The Morgan fingerprint density at radius 3 is 1.54 bits per heavy atom. The molecule has 0 aliphatic carbocycles. The number of hydrogen-bond acceptors (Lipinski definition) is 6. The molecular weight excluding hydrogens is 751 g/mol. The van der Waals surface area contributed by atoms with Crippen LogP contribution >= 0.6 is 34.0 Å². The van der Waals surface area contributed by atoms with Crippen LogP contribution in [-0.4, -0.2) is 15.0 Å². The number of rotatable bonds is 5. The number of thiophene rings is 3. The predicted octanol–water partition coefficient (Wildman–Crippen LogP) is 15.3. The van der Waals surface area contributed by atoms with Crippen LogP contribution in [-0.2, 0) is 0 Å². The molecule has 0 aliphatic rings. The molecule has 0 amide bonds. The first-order valence-electron chi connectivity index (χ1n) is 31.1. The average Bonchev–Trinajstić information content (AvgIpc) is 1.49. The van der Waals surface area contributed by atoms with Crippen molar-refractivity contribution in [2.24, 2.45) is 0 Å². The van der Waals surface area contributed by atoms with Crippen LogP contribution in [0, 0.1) is 0 Å². The molecular formula is C51H29N3S3. The van der Waals surface area contributed by atoms with E-state index in [2.05, 4.69) is 15.0 Å². The first-order chi connectivity index (χ1) is 40.3. The summed E-state index contributed by atoms with van der Waals surface area (Å²) in [5.74, 6) is -2.28. The van der Waals surface area contributed by atoms with Gasteiger partial charge in [0.05, 0.1) is 39.8 Å². The Bertz CT molecular complexity index is 5100. The van der Waals surface area contributed by atoms with Crippen LogP contribution in [0.2, 0.25) is 0 Å². The normalized spacial score (nSPS) is 19.0. The molecule has 0 bridgehead atoms. The zero-order valence-corrected chi connectivity index (χ0v) is 30.5. The molecule has 8 aromatic carbocycles. The monoisotopic (exact) mass is 808 g/mol. The maximum Gasteiger partial charge on any atom is 0.164 e.